The lowest BCUT2D eigenvalue weighted by atomic mass is 9.70. The molecule has 2 heterocycles. The number of rotatable bonds is 7. The van der Waals surface area contributed by atoms with E-state index in [1.165, 1.54) is 17.4 Å². The van der Waals surface area contributed by atoms with Crippen LogP contribution < -0.4 is 27.3 Å². The van der Waals surface area contributed by atoms with Crippen LogP contribution in [-0.2, 0) is 15.1 Å². The highest BCUT2D eigenvalue weighted by Crippen LogP contribution is 2.49. The number of benzene rings is 3. The average molecular weight is 582 g/mol. The third-order valence-electron chi connectivity index (χ3n) is 8.13. The molecular formula is C32H31N5O4S. The Morgan fingerprint density at radius 2 is 1.81 bits per heavy atom. The van der Waals surface area contributed by atoms with Crippen molar-refractivity contribution in [2.75, 3.05) is 25.4 Å². The molecule has 3 atom stereocenters. The van der Waals surface area contributed by atoms with E-state index in [0.717, 1.165) is 6.42 Å². The number of Topliss-reactive ketones (excluding diaryl/α,β-unsaturated/α-hetero) is 1. The summed E-state index contributed by atoms with van der Waals surface area (Å²) < 4.78 is 6.58. The molecule has 3 unspecified atom stereocenters. The molecule has 0 spiro atoms. The third-order valence-corrected chi connectivity index (χ3v) is 9.38. The number of hydrogen-bond donors (Lipinski definition) is 4. The van der Waals surface area contributed by atoms with Gasteiger partial charge in [0.25, 0.3) is 5.91 Å². The Balaban J connectivity index is 1.32. The number of likely N-dealkylation sites (tertiary alicyclic amines) is 1. The molecule has 4 aromatic rings. The SMILES string of the molecule is C=CC(=O)N1CCC(CNC(=O)c2sc3c(N)ccc4c3c2C(N)C(=O)C4(N)c2ccc(Oc3ccccc3)cc2)C1. The van der Waals surface area contributed by atoms with Gasteiger partial charge in [-0.2, -0.15) is 0 Å². The van der Waals surface area contributed by atoms with Crippen LogP contribution in [0.5, 0.6) is 11.5 Å². The van der Waals surface area contributed by atoms with E-state index in [-0.39, 0.29) is 17.7 Å². The fourth-order valence-corrected chi connectivity index (χ4v) is 7.12. The first-order chi connectivity index (χ1) is 20.2. The largest absolute Gasteiger partial charge is 0.457 e. The summed E-state index contributed by atoms with van der Waals surface area (Å²) >= 11 is 1.21. The highest BCUT2D eigenvalue weighted by Gasteiger charge is 2.48. The van der Waals surface area contributed by atoms with Gasteiger partial charge in [-0.15, -0.1) is 11.3 Å². The molecule has 10 heteroatoms. The second-order valence-corrected chi connectivity index (χ2v) is 11.7. The molecule has 1 fully saturated rings. The molecule has 0 saturated carbocycles. The first kappa shape index (κ1) is 27.6. The number of para-hydroxylation sites is 1. The number of thiophene rings is 1. The van der Waals surface area contributed by atoms with Gasteiger partial charge in [0.05, 0.1) is 15.6 Å². The van der Waals surface area contributed by atoms with Gasteiger partial charge >= 0.3 is 0 Å². The number of ether oxygens (including phenoxy) is 1. The van der Waals surface area contributed by atoms with E-state index in [1.807, 2.05) is 30.3 Å². The number of ketones is 1. The minimum atomic E-state index is -1.55. The van der Waals surface area contributed by atoms with E-state index in [2.05, 4.69) is 11.9 Å². The molecule has 3 aromatic carbocycles. The lowest BCUT2D eigenvalue weighted by Gasteiger charge is -2.36. The summed E-state index contributed by atoms with van der Waals surface area (Å²) in [5.74, 6) is 0.532. The molecule has 1 aliphatic heterocycles. The average Bonchev–Trinajstić information content (AvgIpc) is 3.65. The van der Waals surface area contributed by atoms with Gasteiger partial charge in [0.15, 0.2) is 5.78 Å². The van der Waals surface area contributed by atoms with Gasteiger partial charge in [0.2, 0.25) is 5.91 Å². The normalized spacial score (nSPS) is 21.4. The predicted molar refractivity (Wildman–Crippen MR) is 163 cm³/mol. The molecule has 0 bridgehead atoms. The van der Waals surface area contributed by atoms with Gasteiger partial charge in [-0.3, -0.25) is 14.4 Å². The fourth-order valence-electron chi connectivity index (χ4n) is 5.90. The maximum Gasteiger partial charge on any atom is 0.261 e. The van der Waals surface area contributed by atoms with Crippen molar-refractivity contribution in [1.82, 2.24) is 10.2 Å². The van der Waals surface area contributed by atoms with Crippen LogP contribution in [0.3, 0.4) is 0 Å². The van der Waals surface area contributed by atoms with Gasteiger partial charge in [-0.25, -0.2) is 0 Å². The van der Waals surface area contributed by atoms with Crippen LogP contribution in [0.4, 0.5) is 5.69 Å². The Morgan fingerprint density at radius 3 is 2.52 bits per heavy atom. The smallest absolute Gasteiger partial charge is 0.261 e. The predicted octanol–water partition coefficient (Wildman–Crippen LogP) is 3.82. The number of nitrogen functional groups attached to an aromatic ring is 1. The Labute approximate surface area is 246 Å². The number of nitrogens with two attached hydrogens (primary N) is 3. The summed E-state index contributed by atoms with van der Waals surface area (Å²) in [4.78, 5) is 41.5. The lowest BCUT2D eigenvalue weighted by Crippen LogP contribution is -2.52. The topological polar surface area (TPSA) is 154 Å². The van der Waals surface area contributed by atoms with Crippen molar-refractivity contribution in [2.24, 2.45) is 17.4 Å². The molecule has 2 amide bonds. The monoisotopic (exact) mass is 581 g/mol. The number of hydrogen-bond acceptors (Lipinski definition) is 8. The summed E-state index contributed by atoms with van der Waals surface area (Å²) in [6, 6.07) is 18.8. The van der Waals surface area contributed by atoms with Crippen LogP contribution >= 0.6 is 11.3 Å². The molecule has 1 saturated heterocycles. The molecule has 2 aliphatic rings. The summed E-state index contributed by atoms with van der Waals surface area (Å²) in [5, 5.41) is 3.63. The van der Waals surface area contributed by atoms with E-state index in [9.17, 15) is 14.4 Å². The standard InChI is InChI=1S/C32H31N5O4S/c1-2-24(38)37-15-14-18(17-37)16-36-31(40)29-26-25-22(12-13-23(33)28(25)42-29)32(35,30(39)27(26)34)19-8-10-21(11-9-19)41-20-6-4-3-5-7-20/h2-13,18,27H,1,14-17,33-35H2,(H,36,40). The van der Waals surface area contributed by atoms with Crippen molar-refractivity contribution >= 4 is 44.7 Å². The Hall–Kier alpha value is -4.51. The van der Waals surface area contributed by atoms with E-state index in [1.54, 1.807) is 41.3 Å². The van der Waals surface area contributed by atoms with Crippen LogP contribution in [0.25, 0.3) is 10.1 Å². The van der Waals surface area contributed by atoms with Crippen molar-refractivity contribution in [3.8, 4) is 11.5 Å². The quantitative estimate of drug-likeness (QED) is 0.191. The number of carbonyl (C=O) groups is 3. The molecule has 1 aliphatic carbocycles. The zero-order valence-electron chi connectivity index (χ0n) is 22.8. The first-order valence-electron chi connectivity index (χ1n) is 13.7. The van der Waals surface area contributed by atoms with Crippen LogP contribution in [0.15, 0.2) is 79.4 Å². The second-order valence-electron chi connectivity index (χ2n) is 10.7. The molecule has 9 nitrogen and oxygen atoms in total. The molecule has 6 rings (SSSR count). The number of nitrogens with zero attached hydrogens (tertiary/aromatic N) is 1. The minimum absolute atomic E-state index is 0.116. The minimum Gasteiger partial charge on any atom is -0.457 e. The van der Waals surface area contributed by atoms with Crippen LogP contribution in [0.1, 0.15) is 38.8 Å². The molecule has 0 radical (unpaired) electrons. The summed E-state index contributed by atoms with van der Waals surface area (Å²) in [6.45, 7) is 5.10. The molecule has 1 aromatic heterocycles. The van der Waals surface area contributed by atoms with Crippen LogP contribution in [-0.4, -0.2) is 42.1 Å². The van der Waals surface area contributed by atoms with Crippen molar-refractivity contribution in [3.05, 3.63) is 101 Å². The van der Waals surface area contributed by atoms with E-state index in [4.69, 9.17) is 21.9 Å². The second kappa shape index (κ2) is 10.7. The molecule has 7 N–H and O–H groups in total. The number of carbonyl (C=O) groups excluding carboxylic acids is 3. The van der Waals surface area contributed by atoms with Gasteiger partial charge in [-0.1, -0.05) is 43.0 Å². The first-order valence-corrected chi connectivity index (χ1v) is 14.5. The van der Waals surface area contributed by atoms with E-state index < -0.39 is 17.4 Å². The summed E-state index contributed by atoms with van der Waals surface area (Å²) in [7, 11) is 0. The van der Waals surface area contributed by atoms with Crippen LogP contribution in [0, 0.1) is 5.92 Å². The van der Waals surface area contributed by atoms with Gasteiger partial charge in [0, 0.05) is 36.3 Å². The Kier molecular flexibility index (Phi) is 7.05. The fraction of sp³-hybridized carbons (Fsp3) is 0.219. The highest BCUT2D eigenvalue weighted by molar-refractivity contribution is 7.21. The summed E-state index contributed by atoms with van der Waals surface area (Å²) in [5.41, 5.74) is 20.4. The maximum absolute atomic E-state index is 14.0. The number of amides is 2. The van der Waals surface area contributed by atoms with E-state index >= 15 is 0 Å². The van der Waals surface area contributed by atoms with Crippen molar-refractivity contribution in [1.29, 1.82) is 0 Å². The Morgan fingerprint density at radius 1 is 1.10 bits per heavy atom. The van der Waals surface area contributed by atoms with E-state index in [0.29, 0.717) is 68.5 Å². The zero-order valence-corrected chi connectivity index (χ0v) is 23.7. The Bertz CT molecular complexity index is 1720. The number of anilines is 1. The third kappa shape index (κ3) is 4.53. The number of nitrogens with one attached hydrogen (secondary N) is 1. The molecule has 42 heavy (non-hydrogen) atoms. The van der Waals surface area contributed by atoms with Crippen molar-refractivity contribution in [2.45, 2.75) is 18.0 Å². The van der Waals surface area contributed by atoms with Gasteiger partial charge < -0.3 is 32.2 Å². The maximum atomic E-state index is 14.0. The van der Waals surface area contributed by atoms with Crippen LogP contribution in [0.2, 0.25) is 0 Å². The summed E-state index contributed by atoms with van der Waals surface area (Å²) in [6.07, 6.45) is 2.08. The van der Waals surface area contributed by atoms with Gasteiger partial charge in [0.1, 0.15) is 17.0 Å². The highest BCUT2D eigenvalue weighted by atomic mass is 32.1. The lowest BCUT2D eigenvalue weighted by molar-refractivity contribution is -0.125. The zero-order chi connectivity index (χ0) is 29.6. The van der Waals surface area contributed by atoms with Crippen molar-refractivity contribution in [3.63, 3.8) is 0 Å². The van der Waals surface area contributed by atoms with Crippen molar-refractivity contribution < 1.29 is 19.1 Å². The van der Waals surface area contributed by atoms with Gasteiger partial charge in [-0.05, 0) is 59.9 Å². The molecular weight excluding hydrogens is 550 g/mol. The molecule has 214 valence electrons.